The third-order valence-corrected chi connectivity index (χ3v) is 0. The molecule has 0 N–H and O–H groups in total. The molecule has 0 nitrogen and oxygen atoms in total. The average Bonchev–Trinajstić information content (AvgIpc) is 0.811. The van der Waals surface area contributed by atoms with Gasteiger partial charge in [-0.1, -0.05) is 0 Å². The van der Waals surface area contributed by atoms with E-state index in [2.05, 4.69) is 15.9 Å². The van der Waals surface area contributed by atoms with Gasteiger partial charge in [0.1, 0.15) is 0 Å². The molecule has 0 saturated carbocycles. The minimum absolute atomic E-state index is 0.301. The lowest BCUT2D eigenvalue weighted by Gasteiger charge is -1.65. The lowest BCUT2D eigenvalue weighted by molar-refractivity contribution is 0.685. The van der Waals surface area contributed by atoms with Crippen LogP contribution in [0.2, 0.25) is 0 Å². The molecule has 0 aromatic heterocycles. The van der Waals surface area contributed by atoms with Crippen molar-refractivity contribution in [2.24, 2.45) is 0 Å². The van der Waals surface area contributed by atoms with Crippen LogP contribution in [0.3, 0.4) is 0 Å². The summed E-state index contributed by atoms with van der Waals surface area (Å²) in [7, 11) is 0. The molecule has 0 aromatic carbocycles. The Labute approximate surface area is 46.0 Å². The van der Waals surface area contributed by atoms with Gasteiger partial charge in [-0.15, -0.1) is 0 Å². The molecule has 0 unspecified atom stereocenters. The van der Waals surface area contributed by atoms with Gasteiger partial charge in [-0.3, -0.25) is 0 Å². The van der Waals surface area contributed by atoms with Crippen LogP contribution in [0, 0.1) is 3.09 Å². The predicted octanol–water partition coefficient (Wildman–Crippen LogP) is 2.23. The van der Waals surface area contributed by atoms with Crippen LogP contribution in [0.25, 0.3) is 0 Å². The lowest BCUT2D eigenvalue weighted by atomic mass is 11.8. The highest BCUT2D eigenvalue weighted by molar-refractivity contribution is 14.1. The monoisotopic (exact) mass is 237 g/mol. The largest absolute Gasteiger partial charge is 0.267 e. The van der Waals surface area contributed by atoms with Crippen LogP contribution in [0.15, 0.2) is 0 Å². The second-order valence-corrected chi connectivity index (χ2v) is 3.34. The van der Waals surface area contributed by atoms with Crippen LogP contribution in [0.4, 0.5) is 4.39 Å². The van der Waals surface area contributed by atoms with Crippen molar-refractivity contribution >= 4 is 38.5 Å². The van der Waals surface area contributed by atoms with Crippen molar-refractivity contribution in [1.82, 2.24) is 0 Å². The molecule has 0 aliphatic rings. The summed E-state index contributed by atoms with van der Waals surface area (Å²) in [5.41, 5.74) is 0. The number of hydrogen-bond donors (Lipinski definition) is 0. The fourth-order valence-corrected chi connectivity index (χ4v) is 0. The van der Waals surface area contributed by atoms with Gasteiger partial charge in [-0.2, -0.15) is 0 Å². The van der Waals surface area contributed by atoms with E-state index in [1.165, 1.54) is 22.6 Å². The normalized spacial score (nSPS) is 9.00. The first kappa shape index (κ1) is 5.14. The van der Waals surface area contributed by atoms with Gasteiger partial charge in [-0.25, -0.2) is 4.39 Å². The van der Waals surface area contributed by atoms with Crippen molar-refractivity contribution in [3.63, 3.8) is 0 Å². The van der Waals surface area contributed by atoms with E-state index in [1.807, 2.05) is 0 Å². The molecule has 0 aliphatic carbocycles. The van der Waals surface area contributed by atoms with Crippen molar-refractivity contribution in [1.29, 1.82) is 0 Å². The zero-order valence-corrected chi connectivity index (χ0v) is 5.38. The lowest BCUT2D eigenvalue weighted by Crippen LogP contribution is -1.37. The maximum Gasteiger partial charge on any atom is 0.267 e. The standard InChI is InChI=1S/CBrFI/c2-1(3)4. The molecule has 0 atom stereocenters. The van der Waals surface area contributed by atoms with E-state index < -0.39 is 0 Å². The summed E-state index contributed by atoms with van der Waals surface area (Å²) >= 11 is 4.02. The van der Waals surface area contributed by atoms with Gasteiger partial charge in [0.2, 0.25) is 0 Å². The topological polar surface area (TPSA) is 0 Å². The summed E-state index contributed by atoms with van der Waals surface area (Å²) in [5, 5.41) is 0. The number of rotatable bonds is 0. The highest BCUT2D eigenvalue weighted by Crippen LogP contribution is 2.18. The minimum Gasteiger partial charge on any atom is -0.214 e. The Morgan fingerprint density at radius 2 is 2.00 bits per heavy atom. The summed E-state index contributed by atoms with van der Waals surface area (Å²) in [6, 6.07) is 0. The molecule has 0 amide bonds. The fraction of sp³-hybridized carbons (Fsp3) is 0. The summed E-state index contributed by atoms with van der Waals surface area (Å²) in [6.07, 6.45) is 0. The molecule has 0 saturated heterocycles. The van der Waals surface area contributed by atoms with Crippen molar-refractivity contribution in [3.05, 3.63) is 3.09 Å². The van der Waals surface area contributed by atoms with Gasteiger partial charge in [0.15, 0.2) is 0 Å². The third-order valence-electron chi connectivity index (χ3n) is 0. The summed E-state index contributed by atoms with van der Waals surface area (Å²) < 4.78 is 10.5. The average molecular weight is 238 g/mol. The molecule has 0 aliphatic heterocycles. The van der Waals surface area contributed by atoms with Gasteiger partial charge in [0.05, 0.1) is 0 Å². The van der Waals surface area contributed by atoms with Gasteiger partial charge >= 0.3 is 0 Å². The van der Waals surface area contributed by atoms with Gasteiger partial charge in [0, 0.05) is 0 Å². The van der Waals surface area contributed by atoms with E-state index in [4.69, 9.17) is 0 Å². The number of hydrogen-bond acceptors (Lipinski definition) is 0. The molecular weight excluding hydrogens is 238 g/mol. The zero-order chi connectivity index (χ0) is 3.58. The molecule has 0 rings (SSSR count). The Kier molecular flexibility index (Phi) is 3.06. The van der Waals surface area contributed by atoms with Crippen LogP contribution in [0.1, 0.15) is 0 Å². The van der Waals surface area contributed by atoms with Crippen LogP contribution in [-0.4, -0.2) is 0 Å². The summed E-state index contributed by atoms with van der Waals surface area (Å²) in [5.74, 6) is 0. The minimum atomic E-state index is -0.301. The van der Waals surface area contributed by atoms with E-state index in [-0.39, 0.29) is 3.09 Å². The van der Waals surface area contributed by atoms with E-state index >= 15 is 0 Å². The molecule has 4 heavy (non-hydrogen) atoms. The van der Waals surface area contributed by atoms with Crippen molar-refractivity contribution in [2.45, 2.75) is 0 Å². The van der Waals surface area contributed by atoms with Crippen LogP contribution < -0.4 is 0 Å². The molecule has 0 fully saturated rings. The van der Waals surface area contributed by atoms with E-state index in [0.717, 1.165) is 0 Å². The fourth-order valence-electron chi connectivity index (χ4n) is 0. The predicted molar refractivity (Wildman–Crippen MR) is 27.3 cm³/mol. The molecule has 0 aromatic rings. The van der Waals surface area contributed by atoms with E-state index in [1.54, 1.807) is 0 Å². The number of halogens is 3. The van der Waals surface area contributed by atoms with Gasteiger partial charge < -0.3 is 0 Å². The Morgan fingerprint density at radius 1 is 2.00 bits per heavy atom. The highest BCUT2D eigenvalue weighted by atomic mass is 127. The van der Waals surface area contributed by atoms with Gasteiger partial charge in [-0.05, 0) is 38.5 Å². The molecule has 25 valence electrons. The second-order valence-electron chi connectivity index (χ2n) is 0.214. The Hall–Kier alpha value is 1.14. The second kappa shape index (κ2) is 2.38. The van der Waals surface area contributed by atoms with E-state index in [0.29, 0.717) is 0 Å². The quantitative estimate of drug-likeness (QED) is 0.567. The SMILES string of the molecule is F[C](Br)I. The molecule has 0 bridgehead atoms. The zero-order valence-electron chi connectivity index (χ0n) is 1.63. The Morgan fingerprint density at radius 3 is 2.00 bits per heavy atom. The molecular formula is CBrFI. The first-order valence-electron chi connectivity index (χ1n) is 0.567. The molecule has 0 spiro atoms. The highest BCUT2D eigenvalue weighted by Gasteiger charge is 1.83. The van der Waals surface area contributed by atoms with Crippen LogP contribution in [0.5, 0.6) is 0 Å². The maximum atomic E-state index is 10.8. The van der Waals surface area contributed by atoms with Crippen molar-refractivity contribution < 1.29 is 4.39 Å². The first-order chi connectivity index (χ1) is 1.73. The van der Waals surface area contributed by atoms with Gasteiger partial charge in [0.25, 0.3) is 3.09 Å². The molecule has 1 radical (unpaired) electrons. The maximum absolute atomic E-state index is 10.8. The smallest absolute Gasteiger partial charge is 0.214 e. The van der Waals surface area contributed by atoms with Crippen molar-refractivity contribution in [2.75, 3.05) is 0 Å². The third kappa shape index (κ3) is 11.1. The summed E-state index contributed by atoms with van der Waals surface area (Å²) in [6.45, 7) is 0. The van der Waals surface area contributed by atoms with Crippen LogP contribution in [-0.2, 0) is 0 Å². The van der Waals surface area contributed by atoms with E-state index in [9.17, 15) is 4.39 Å². The molecule has 3 heteroatoms. The Balaban J connectivity index is 2.32. The molecule has 0 heterocycles. The Bertz CT molecular complexity index is 12.8. The summed E-state index contributed by atoms with van der Waals surface area (Å²) in [4.78, 5) is 0. The van der Waals surface area contributed by atoms with Crippen LogP contribution >= 0.6 is 38.5 Å². The van der Waals surface area contributed by atoms with Crippen molar-refractivity contribution in [3.8, 4) is 0 Å². The first-order valence-corrected chi connectivity index (χ1v) is 2.44.